The first kappa shape index (κ1) is 24.4. The zero-order valence-electron chi connectivity index (χ0n) is 18.3. The van der Waals surface area contributed by atoms with Gasteiger partial charge in [0.05, 0.1) is 6.54 Å². The van der Waals surface area contributed by atoms with Crippen molar-refractivity contribution >= 4 is 29.9 Å². The van der Waals surface area contributed by atoms with Crippen LogP contribution in [0.3, 0.4) is 0 Å². The second-order valence-electron chi connectivity index (χ2n) is 7.86. The maximum absolute atomic E-state index is 5.64. The van der Waals surface area contributed by atoms with Crippen LogP contribution in [-0.4, -0.2) is 48.1 Å². The number of nitrogens with zero attached hydrogens (tertiary/aromatic N) is 3. The number of halogens is 1. The Balaban J connectivity index is 0.00000320. The average molecular weight is 523 g/mol. The molecule has 1 aliphatic heterocycles. The minimum atomic E-state index is 0. The van der Waals surface area contributed by atoms with Crippen LogP contribution in [0.25, 0.3) is 11.5 Å². The molecule has 0 bridgehead atoms. The fourth-order valence-electron chi connectivity index (χ4n) is 3.50. The van der Waals surface area contributed by atoms with Gasteiger partial charge in [-0.15, -0.1) is 24.0 Å². The molecule has 2 heterocycles. The Bertz CT molecular complexity index is 822. The van der Waals surface area contributed by atoms with Gasteiger partial charge in [0.2, 0.25) is 5.89 Å². The van der Waals surface area contributed by atoms with E-state index in [-0.39, 0.29) is 24.0 Å². The van der Waals surface area contributed by atoms with Crippen LogP contribution in [0.2, 0.25) is 0 Å². The average Bonchev–Trinajstić information content (AvgIpc) is 3.17. The highest BCUT2D eigenvalue weighted by Crippen LogP contribution is 2.19. The van der Waals surface area contributed by atoms with Crippen molar-refractivity contribution in [2.75, 3.05) is 26.2 Å². The summed E-state index contributed by atoms with van der Waals surface area (Å²) in [6.45, 7) is 14.8. The Hall–Kier alpha value is -1.87. The molecule has 7 heteroatoms. The molecule has 0 radical (unpaired) electrons. The van der Waals surface area contributed by atoms with Crippen molar-refractivity contribution in [2.45, 2.75) is 46.2 Å². The van der Waals surface area contributed by atoms with Crippen molar-refractivity contribution in [2.24, 2.45) is 4.99 Å². The molecule has 0 atom stereocenters. The van der Waals surface area contributed by atoms with E-state index in [4.69, 9.17) is 9.41 Å². The number of rotatable bonds is 7. The monoisotopic (exact) mass is 523 g/mol. The van der Waals surface area contributed by atoms with Gasteiger partial charge in [0.15, 0.2) is 5.96 Å². The molecule has 1 saturated heterocycles. The lowest BCUT2D eigenvalue weighted by Gasteiger charge is -2.33. The van der Waals surface area contributed by atoms with Crippen molar-refractivity contribution in [3.05, 3.63) is 53.9 Å². The maximum atomic E-state index is 5.64. The van der Waals surface area contributed by atoms with Crippen LogP contribution < -0.4 is 10.6 Å². The van der Waals surface area contributed by atoms with Crippen LogP contribution in [0, 0.1) is 6.92 Å². The standard InChI is InChI=1S/C23H33N5O.HI/c1-5-24-23(27-20-10-12-28(13-11-20)15-17(2)3)25-14-21-16-29-22(26-21)19-8-6-18(4)7-9-19;/h6-9,16,20H,2,5,10-15H2,1,3-4H3,(H2,24,25,27);1H. The molecule has 6 nitrogen and oxygen atoms in total. The fourth-order valence-corrected chi connectivity index (χ4v) is 3.50. The van der Waals surface area contributed by atoms with Crippen LogP contribution in [0.1, 0.15) is 37.9 Å². The summed E-state index contributed by atoms with van der Waals surface area (Å²) < 4.78 is 5.64. The summed E-state index contributed by atoms with van der Waals surface area (Å²) in [7, 11) is 0. The predicted molar refractivity (Wildman–Crippen MR) is 134 cm³/mol. The molecule has 0 unspecified atom stereocenters. The van der Waals surface area contributed by atoms with Crippen molar-refractivity contribution in [3.8, 4) is 11.5 Å². The number of benzene rings is 1. The SMILES string of the molecule is C=C(C)CN1CCC(NC(=NCc2coc(-c3ccc(C)cc3)n2)NCC)CC1.I. The first-order valence-electron chi connectivity index (χ1n) is 10.5. The summed E-state index contributed by atoms with van der Waals surface area (Å²) in [6, 6.07) is 8.62. The summed E-state index contributed by atoms with van der Waals surface area (Å²) >= 11 is 0. The molecule has 1 aromatic carbocycles. The minimum Gasteiger partial charge on any atom is -0.444 e. The largest absolute Gasteiger partial charge is 0.444 e. The molecule has 0 spiro atoms. The summed E-state index contributed by atoms with van der Waals surface area (Å²) in [5, 5.41) is 6.92. The first-order valence-corrected chi connectivity index (χ1v) is 10.5. The second kappa shape index (κ2) is 12.1. The molecule has 1 aromatic heterocycles. The van der Waals surface area contributed by atoms with Gasteiger partial charge in [-0.3, -0.25) is 4.90 Å². The van der Waals surface area contributed by atoms with Gasteiger partial charge in [0.1, 0.15) is 12.0 Å². The van der Waals surface area contributed by atoms with E-state index in [2.05, 4.69) is 60.0 Å². The highest BCUT2D eigenvalue weighted by atomic mass is 127. The molecule has 0 amide bonds. The zero-order valence-corrected chi connectivity index (χ0v) is 20.6. The van der Waals surface area contributed by atoms with Gasteiger partial charge in [0, 0.05) is 37.8 Å². The predicted octanol–water partition coefficient (Wildman–Crippen LogP) is 4.36. The third-order valence-electron chi connectivity index (χ3n) is 5.02. The lowest BCUT2D eigenvalue weighted by Crippen LogP contribution is -2.48. The maximum Gasteiger partial charge on any atom is 0.226 e. The minimum absolute atomic E-state index is 0. The number of hydrogen-bond donors (Lipinski definition) is 2. The lowest BCUT2D eigenvalue weighted by molar-refractivity contribution is 0.221. The summed E-state index contributed by atoms with van der Waals surface area (Å²) in [5.74, 6) is 1.48. The van der Waals surface area contributed by atoms with Crippen LogP contribution >= 0.6 is 24.0 Å². The van der Waals surface area contributed by atoms with Crippen LogP contribution in [-0.2, 0) is 6.54 Å². The highest BCUT2D eigenvalue weighted by molar-refractivity contribution is 14.0. The Kier molecular flexibility index (Phi) is 9.84. The van der Waals surface area contributed by atoms with E-state index in [0.717, 1.165) is 56.2 Å². The Labute approximate surface area is 197 Å². The molecule has 1 aliphatic rings. The van der Waals surface area contributed by atoms with E-state index in [1.807, 2.05) is 12.1 Å². The van der Waals surface area contributed by atoms with Gasteiger partial charge in [0.25, 0.3) is 0 Å². The third-order valence-corrected chi connectivity index (χ3v) is 5.02. The first-order chi connectivity index (χ1) is 14.0. The Morgan fingerprint density at radius 3 is 2.60 bits per heavy atom. The normalized spacial score (nSPS) is 15.5. The van der Waals surface area contributed by atoms with Crippen LogP contribution in [0.15, 0.2) is 52.1 Å². The van der Waals surface area contributed by atoms with E-state index in [9.17, 15) is 0 Å². The van der Waals surface area contributed by atoms with Gasteiger partial charge in [-0.05, 0) is 45.7 Å². The number of aromatic nitrogens is 1. The molecule has 164 valence electrons. The molecule has 3 rings (SSSR count). The van der Waals surface area contributed by atoms with Crippen LogP contribution in [0.5, 0.6) is 0 Å². The molecule has 0 aliphatic carbocycles. The van der Waals surface area contributed by atoms with Crippen LogP contribution in [0.4, 0.5) is 0 Å². The van der Waals surface area contributed by atoms with E-state index >= 15 is 0 Å². The number of piperidine rings is 1. The number of oxazole rings is 1. The highest BCUT2D eigenvalue weighted by Gasteiger charge is 2.19. The summed E-state index contributed by atoms with van der Waals surface area (Å²) in [6.07, 6.45) is 3.91. The number of aliphatic imine (C=N–C) groups is 1. The molecule has 1 fully saturated rings. The van der Waals surface area contributed by atoms with E-state index in [1.54, 1.807) is 6.26 Å². The summed E-state index contributed by atoms with van der Waals surface area (Å²) in [5.41, 5.74) is 4.26. The number of aryl methyl sites for hydroxylation is 1. The number of nitrogens with one attached hydrogen (secondary N) is 2. The Morgan fingerprint density at radius 1 is 1.27 bits per heavy atom. The molecule has 0 saturated carbocycles. The van der Waals surface area contributed by atoms with E-state index in [1.165, 1.54) is 11.1 Å². The van der Waals surface area contributed by atoms with Gasteiger partial charge >= 0.3 is 0 Å². The fraction of sp³-hybridized carbons (Fsp3) is 0.478. The smallest absolute Gasteiger partial charge is 0.226 e. The molecular weight excluding hydrogens is 489 g/mol. The van der Waals surface area contributed by atoms with Crippen molar-refractivity contribution in [1.29, 1.82) is 0 Å². The van der Waals surface area contributed by atoms with E-state index in [0.29, 0.717) is 18.5 Å². The number of hydrogen-bond acceptors (Lipinski definition) is 4. The van der Waals surface area contributed by atoms with Gasteiger partial charge in [-0.2, -0.15) is 0 Å². The quantitative estimate of drug-likeness (QED) is 0.244. The second-order valence-corrected chi connectivity index (χ2v) is 7.86. The topological polar surface area (TPSA) is 65.7 Å². The third kappa shape index (κ3) is 7.43. The van der Waals surface area contributed by atoms with Gasteiger partial charge < -0.3 is 15.1 Å². The zero-order chi connectivity index (χ0) is 20.6. The molecule has 30 heavy (non-hydrogen) atoms. The lowest BCUT2D eigenvalue weighted by atomic mass is 10.0. The molecule has 2 N–H and O–H groups in total. The molecular formula is C23H34IN5O. The Morgan fingerprint density at radius 2 is 1.97 bits per heavy atom. The van der Waals surface area contributed by atoms with Crippen molar-refractivity contribution < 1.29 is 4.42 Å². The van der Waals surface area contributed by atoms with Crippen molar-refractivity contribution in [1.82, 2.24) is 20.5 Å². The molecule has 2 aromatic rings. The van der Waals surface area contributed by atoms with Crippen molar-refractivity contribution in [3.63, 3.8) is 0 Å². The van der Waals surface area contributed by atoms with E-state index < -0.39 is 0 Å². The summed E-state index contributed by atoms with van der Waals surface area (Å²) in [4.78, 5) is 11.8. The number of guanidine groups is 1. The number of likely N-dealkylation sites (tertiary alicyclic amines) is 1. The van der Waals surface area contributed by atoms with Gasteiger partial charge in [-0.1, -0.05) is 29.8 Å². The van der Waals surface area contributed by atoms with Gasteiger partial charge in [-0.25, -0.2) is 9.98 Å².